The van der Waals surface area contributed by atoms with Crippen LogP contribution in [0.15, 0.2) is 54.6 Å². The van der Waals surface area contributed by atoms with Gasteiger partial charge in [0.2, 0.25) is 0 Å². The number of rotatable bonds is 3. The van der Waals surface area contributed by atoms with E-state index in [-0.39, 0.29) is 23.7 Å². The lowest BCUT2D eigenvalue weighted by Gasteiger charge is -2.37. The van der Waals surface area contributed by atoms with Gasteiger partial charge in [0.05, 0.1) is 6.61 Å². The molecular formula is C35H42ClN3O2. The summed E-state index contributed by atoms with van der Waals surface area (Å²) in [7, 11) is 4.44. The highest BCUT2D eigenvalue weighted by Crippen LogP contribution is 2.49. The number of hydrogen-bond acceptors (Lipinski definition) is 4. The van der Waals surface area contributed by atoms with E-state index in [0.717, 1.165) is 62.5 Å². The second-order valence-corrected chi connectivity index (χ2v) is 12.7. The van der Waals surface area contributed by atoms with Crippen molar-refractivity contribution >= 4 is 24.0 Å². The summed E-state index contributed by atoms with van der Waals surface area (Å²) < 4.78 is 6.22. The number of ether oxygens (including phenoxy) is 1. The van der Waals surface area contributed by atoms with Gasteiger partial charge in [-0.1, -0.05) is 36.8 Å². The number of amides is 1. The quantitative estimate of drug-likeness (QED) is 0.346. The van der Waals surface area contributed by atoms with Crippen molar-refractivity contribution < 1.29 is 9.53 Å². The van der Waals surface area contributed by atoms with Gasteiger partial charge in [-0.2, -0.15) is 0 Å². The number of benzene rings is 3. The fourth-order valence-corrected chi connectivity index (χ4v) is 7.58. The van der Waals surface area contributed by atoms with Gasteiger partial charge in [-0.05, 0) is 125 Å². The third kappa shape index (κ3) is 4.96. The maximum Gasteiger partial charge on any atom is 0.258 e. The number of carbonyl (C=O) groups excluding carboxylic acids is 1. The summed E-state index contributed by atoms with van der Waals surface area (Å²) in [5.74, 6) is 1.13. The van der Waals surface area contributed by atoms with Gasteiger partial charge in [-0.25, -0.2) is 0 Å². The third-order valence-electron chi connectivity index (χ3n) is 10.2. The van der Waals surface area contributed by atoms with E-state index in [1.54, 1.807) is 0 Å². The summed E-state index contributed by atoms with van der Waals surface area (Å²) >= 11 is 0. The van der Waals surface area contributed by atoms with Crippen LogP contribution in [0.25, 0.3) is 11.1 Å². The monoisotopic (exact) mass is 571 g/mol. The first kappa shape index (κ1) is 28.3. The van der Waals surface area contributed by atoms with Crippen LogP contribution in [0.1, 0.15) is 70.8 Å². The van der Waals surface area contributed by atoms with Crippen molar-refractivity contribution in [1.29, 1.82) is 0 Å². The predicted octanol–water partition coefficient (Wildman–Crippen LogP) is 6.80. The van der Waals surface area contributed by atoms with Crippen molar-refractivity contribution in [2.45, 2.75) is 56.9 Å². The van der Waals surface area contributed by atoms with Gasteiger partial charge >= 0.3 is 0 Å². The van der Waals surface area contributed by atoms with E-state index in [4.69, 9.17) is 4.74 Å². The summed E-state index contributed by atoms with van der Waals surface area (Å²) in [6.07, 6.45) is 6.95. The van der Waals surface area contributed by atoms with E-state index in [2.05, 4.69) is 73.3 Å². The van der Waals surface area contributed by atoms with E-state index in [1.165, 1.54) is 59.2 Å². The van der Waals surface area contributed by atoms with Gasteiger partial charge in [0, 0.05) is 34.8 Å². The number of piperidine rings is 2. The molecule has 4 heterocycles. The minimum absolute atomic E-state index is 0. The van der Waals surface area contributed by atoms with Crippen LogP contribution in [-0.2, 0) is 11.8 Å². The number of halogens is 1. The Morgan fingerprint density at radius 1 is 0.927 bits per heavy atom. The molecule has 1 amide bonds. The molecule has 0 bridgehead atoms. The van der Waals surface area contributed by atoms with Crippen molar-refractivity contribution in [1.82, 2.24) is 9.80 Å². The summed E-state index contributed by atoms with van der Waals surface area (Å²) in [5, 5.41) is 0. The van der Waals surface area contributed by atoms with Crippen molar-refractivity contribution in [2.24, 2.45) is 0 Å². The standard InChI is InChI=1S/C35H41N3O2.ClH/c1-24-20-27(31-6-4-5-16-37(31)3)11-12-29(24)25-7-9-26(10-8-25)34(39)38-17-13-28-21-33-30(22-32(28)38)35(23-40-33)14-18-36(2)19-15-35;/h7-12,20-22,31H,4-6,13-19,23H2,1-3H3;1H. The first-order chi connectivity index (χ1) is 19.4. The Hall–Kier alpha value is -2.86. The van der Waals surface area contributed by atoms with Gasteiger partial charge in [-0.15, -0.1) is 12.4 Å². The molecule has 3 aromatic rings. The Bertz CT molecular complexity index is 1440. The average molecular weight is 572 g/mol. The molecule has 216 valence electrons. The van der Waals surface area contributed by atoms with E-state index in [9.17, 15) is 4.79 Å². The molecule has 6 heteroatoms. The summed E-state index contributed by atoms with van der Waals surface area (Å²) in [6.45, 7) is 7.07. The largest absolute Gasteiger partial charge is 0.492 e. The molecule has 0 N–H and O–H groups in total. The molecule has 4 aliphatic heterocycles. The number of likely N-dealkylation sites (tertiary alicyclic amines) is 2. The predicted molar refractivity (Wildman–Crippen MR) is 169 cm³/mol. The van der Waals surface area contributed by atoms with Crippen molar-refractivity contribution in [2.75, 3.05) is 51.8 Å². The van der Waals surface area contributed by atoms with Crippen LogP contribution < -0.4 is 9.64 Å². The molecule has 0 aliphatic carbocycles. The minimum Gasteiger partial charge on any atom is -0.492 e. The number of anilines is 1. The topological polar surface area (TPSA) is 36.0 Å². The molecule has 0 radical (unpaired) electrons. The lowest BCUT2D eigenvalue weighted by atomic mass is 9.74. The summed E-state index contributed by atoms with van der Waals surface area (Å²) in [6, 6.07) is 20.2. The van der Waals surface area contributed by atoms with Crippen LogP contribution in [0, 0.1) is 6.92 Å². The van der Waals surface area contributed by atoms with E-state index < -0.39 is 0 Å². The van der Waals surface area contributed by atoms with Crippen LogP contribution in [0.5, 0.6) is 5.75 Å². The van der Waals surface area contributed by atoms with Crippen LogP contribution in [-0.4, -0.2) is 62.6 Å². The molecule has 0 saturated carbocycles. The van der Waals surface area contributed by atoms with Gasteiger partial charge in [-0.3, -0.25) is 9.69 Å². The zero-order valence-electron chi connectivity index (χ0n) is 24.6. The molecule has 41 heavy (non-hydrogen) atoms. The second kappa shape index (κ2) is 11.1. The van der Waals surface area contributed by atoms with Crippen LogP contribution in [0.4, 0.5) is 5.69 Å². The fraction of sp³-hybridized carbons (Fsp3) is 0.457. The Labute approximate surface area is 250 Å². The zero-order chi connectivity index (χ0) is 27.4. The maximum absolute atomic E-state index is 13.8. The number of carbonyl (C=O) groups is 1. The highest BCUT2D eigenvalue weighted by Gasteiger charge is 2.44. The summed E-state index contributed by atoms with van der Waals surface area (Å²) in [5.41, 5.74) is 9.59. The van der Waals surface area contributed by atoms with Crippen LogP contribution in [0.3, 0.4) is 0 Å². The van der Waals surface area contributed by atoms with E-state index >= 15 is 0 Å². The minimum atomic E-state index is 0. The van der Waals surface area contributed by atoms with E-state index in [0.29, 0.717) is 6.04 Å². The average Bonchev–Trinajstić information content (AvgIpc) is 3.55. The molecule has 2 fully saturated rings. The van der Waals surface area contributed by atoms with Crippen molar-refractivity contribution in [3.63, 3.8) is 0 Å². The number of hydrogen-bond donors (Lipinski definition) is 0. The lowest BCUT2D eigenvalue weighted by molar-refractivity contribution is 0.0989. The van der Waals surface area contributed by atoms with Crippen LogP contribution >= 0.6 is 12.4 Å². The molecule has 5 nitrogen and oxygen atoms in total. The van der Waals surface area contributed by atoms with Gasteiger partial charge < -0.3 is 14.5 Å². The molecule has 1 atom stereocenters. The molecule has 7 rings (SSSR count). The van der Waals surface area contributed by atoms with E-state index in [1.807, 2.05) is 17.0 Å². The molecule has 3 aromatic carbocycles. The molecule has 2 saturated heterocycles. The lowest BCUT2D eigenvalue weighted by Crippen LogP contribution is -2.42. The molecular weight excluding hydrogens is 530 g/mol. The molecule has 1 spiro atoms. The second-order valence-electron chi connectivity index (χ2n) is 12.7. The highest BCUT2D eigenvalue weighted by molar-refractivity contribution is 6.07. The van der Waals surface area contributed by atoms with Crippen LogP contribution in [0.2, 0.25) is 0 Å². The summed E-state index contributed by atoms with van der Waals surface area (Å²) in [4.78, 5) is 20.7. The Balaban J connectivity index is 0.00000302. The Kier molecular flexibility index (Phi) is 7.65. The number of aryl methyl sites for hydroxylation is 1. The van der Waals surface area contributed by atoms with Crippen molar-refractivity contribution in [3.8, 4) is 16.9 Å². The smallest absolute Gasteiger partial charge is 0.258 e. The Morgan fingerprint density at radius 3 is 2.44 bits per heavy atom. The van der Waals surface area contributed by atoms with Crippen molar-refractivity contribution in [3.05, 3.63) is 82.4 Å². The third-order valence-corrected chi connectivity index (χ3v) is 10.2. The zero-order valence-corrected chi connectivity index (χ0v) is 25.4. The normalized spacial score (nSPS) is 21.7. The first-order valence-corrected chi connectivity index (χ1v) is 15.1. The first-order valence-electron chi connectivity index (χ1n) is 15.1. The highest BCUT2D eigenvalue weighted by atomic mass is 35.5. The maximum atomic E-state index is 13.8. The van der Waals surface area contributed by atoms with Gasteiger partial charge in [0.15, 0.2) is 0 Å². The van der Waals surface area contributed by atoms with Gasteiger partial charge in [0.1, 0.15) is 5.75 Å². The SMILES string of the molecule is Cc1cc(C2CCCCN2C)ccc1-c1ccc(C(=O)N2CCc3cc4c(cc32)C2(CCN(C)CC2)CO4)cc1.Cl. The Morgan fingerprint density at radius 2 is 1.71 bits per heavy atom. The fourth-order valence-electron chi connectivity index (χ4n) is 7.58. The molecule has 0 aromatic heterocycles. The number of fused-ring (bicyclic) bond motifs is 3. The molecule has 1 unspecified atom stereocenters. The molecule has 4 aliphatic rings. The number of nitrogens with zero attached hydrogens (tertiary/aromatic N) is 3. The van der Waals surface area contributed by atoms with Gasteiger partial charge in [0.25, 0.3) is 5.91 Å².